The Kier molecular flexibility index (Phi) is 3.78. The van der Waals surface area contributed by atoms with Gasteiger partial charge in [0, 0.05) is 22.3 Å². The molecule has 0 atom stereocenters. The first-order valence-corrected chi connectivity index (χ1v) is 7.95. The highest BCUT2D eigenvalue weighted by Gasteiger charge is 2.11. The summed E-state index contributed by atoms with van der Waals surface area (Å²) in [6.07, 6.45) is 0. The zero-order valence-electron chi connectivity index (χ0n) is 13.3. The standard InChI is InChI=1S/C21H15FN2O/c22-18-7-3-2-6-17(18)21(25)23-16-11-9-14(10-12-16)20-13-15-5-1-4-8-19(15)24-20/h1-13,24H,(H,23,25). The number of carbonyl (C=O) groups is 1. The number of fused-ring (bicyclic) bond motifs is 1. The predicted octanol–water partition coefficient (Wildman–Crippen LogP) is 5.23. The smallest absolute Gasteiger partial charge is 0.258 e. The molecule has 122 valence electrons. The first kappa shape index (κ1) is 15.1. The molecule has 0 fully saturated rings. The zero-order valence-corrected chi connectivity index (χ0v) is 13.3. The van der Waals surface area contributed by atoms with Crippen LogP contribution >= 0.6 is 0 Å². The monoisotopic (exact) mass is 330 g/mol. The van der Waals surface area contributed by atoms with E-state index in [1.54, 1.807) is 24.3 Å². The fourth-order valence-corrected chi connectivity index (χ4v) is 2.81. The van der Waals surface area contributed by atoms with Gasteiger partial charge < -0.3 is 10.3 Å². The van der Waals surface area contributed by atoms with E-state index in [9.17, 15) is 9.18 Å². The molecule has 0 radical (unpaired) electrons. The summed E-state index contributed by atoms with van der Waals surface area (Å²) in [6.45, 7) is 0. The molecule has 0 aliphatic carbocycles. The molecule has 3 nitrogen and oxygen atoms in total. The van der Waals surface area contributed by atoms with Gasteiger partial charge in [0.2, 0.25) is 0 Å². The van der Waals surface area contributed by atoms with Crippen molar-refractivity contribution in [3.05, 3.63) is 90.2 Å². The van der Waals surface area contributed by atoms with Crippen molar-refractivity contribution in [2.45, 2.75) is 0 Å². The van der Waals surface area contributed by atoms with Crippen molar-refractivity contribution in [3.8, 4) is 11.3 Å². The van der Waals surface area contributed by atoms with E-state index in [1.165, 1.54) is 12.1 Å². The number of nitrogens with one attached hydrogen (secondary N) is 2. The van der Waals surface area contributed by atoms with Crippen molar-refractivity contribution < 1.29 is 9.18 Å². The minimum Gasteiger partial charge on any atom is -0.355 e. The lowest BCUT2D eigenvalue weighted by Gasteiger charge is -2.07. The molecule has 1 heterocycles. The summed E-state index contributed by atoms with van der Waals surface area (Å²) in [7, 11) is 0. The summed E-state index contributed by atoms with van der Waals surface area (Å²) < 4.78 is 13.7. The van der Waals surface area contributed by atoms with Crippen molar-refractivity contribution in [2.24, 2.45) is 0 Å². The minimum absolute atomic E-state index is 0.0298. The van der Waals surface area contributed by atoms with Crippen LogP contribution in [0, 0.1) is 5.82 Å². The Labute approximate surface area is 144 Å². The maximum atomic E-state index is 13.7. The molecule has 25 heavy (non-hydrogen) atoms. The average molecular weight is 330 g/mol. The van der Waals surface area contributed by atoms with Crippen LogP contribution in [0.1, 0.15) is 10.4 Å². The van der Waals surface area contributed by atoms with Crippen LogP contribution in [0.25, 0.3) is 22.2 Å². The number of para-hydroxylation sites is 1. The van der Waals surface area contributed by atoms with E-state index in [0.717, 1.165) is 22.2 Å². The summed E-state index contributed by atoms with van der Waals surface area (Å²) >= 11 is 0. The summed E-state index contributed by atoms with van der Waals surface area (Å²) in [5, 5.41) is 3.86. The third-order valence-electron chi connectivity index (χ3n) is 4.10. The van der Waals surface area contributed by atoms with Crippen LogP contribution < -0.4 is 5.32 Å². The topological polar surface area (TPSA) is 44.9 Å². The van der Waals surface area contributed by atoms with Crippen LogP contribution in [0.15, 0.2) is 78.9 Å². The van der Waals surface area contributed by atoms with Gasteiger partial charge in [0.1, 0.15) is 5.82 Å². The van der Waals surface area contributed by atoms with Gasteiger partial charge in [0.05, 0.1) is 5.56 Å². The van der Waals surface area contributed by atoms with Crippen LogP contribution in [-0.2, 0) is 0 Å². The van der Waals surface area contributed by atoms with Crippen LogP contribution in [0.4, 0.5) is 10.1 Å². The molecule has 0 aliphatic rings. The Morgan fingerprint density at radius 3 is 2.36 bits per heavy atom. The van der Waals surface area contributed by atoms with E-state index in [2.05, 4.69) is 22.4 Å². The summed E-state index contributed by atoms with van der Waals surface area (Å²) in [4.78, 5) is 15.5. The van der Waals surface area contributed by atoms with Crippen molar-refractivity contribution in [1.82, 2.24) is 4.98 Å². The average Bonchev–Trinajstić information content (AvgIpc) is 3.07. The number of aromatic nitrogens is 1. The normalized spacial score (nSPS) is 10.8. The number of anilines is 1. The van der Waals surface area contributed by atoms with Gasteiger partial charge in [-0.2, -0.15) is 0 Å². The Morgan fingerprint density at radius 1 is 0.880 bits per heavy atom. The molecule has 4 aromatic rings. The number of rotatable bonds is 3. The molecule has 4 heteroatoms. The van der Waals surface area contributed by atoms with Gasteiger partial charge in [0.25, 0.3) is 5.91 Å². The lowest BCUT2D eigenvalue weighted by molar-refractivity contribution is 0.102. The van der Waals surface area contributed by atoms with Gasteiger partial charge in [-0.15, -0.1) is 0 Å². The number of amides is 1. The highest BCUT2D eigenvalue weighted by atomic mass is 19.1. The van der Waals surface area contributed by atoms with Crippen molar-refractivity contribution in [3.63, 3.8) is 0 Å². The van der Waals surface area contributed by atoms with Gasteiger partial charge in [-0.25, -0.2) is 4.39 Å². The SMILES string of the molecule is O=C(Nc1ccc(-c2cc3ccccc3[nH]2)cc1)c1ccccc1F. The largest absolute Gasteiger partial charge is 0.355 e. The number of carbonyl (C=O) groups excluding carboxylic acids is 1. The highest BCUT2D eigenvalue weighted by molar-refractivity contribution is 6.04. The van der Waals surface area contributed by atoms with Crippen molar-refractivity contribution >= 4 is 22.5 Å². The van der Waals surface area contributed by atoms with E-state index in [4.69, 9.17) is 0 Å². The van der Waals surface area contributed by atoms with E-state index in [1.807, 2.05) is 30.3 Å². The molecule has 4 rings (SSSR count). The molecule has 0 bridgehead atoms. The van der Waals surface area contributed by atoms with Crippen molar-refractivity contribution in [2.75, 3.05) is 5.32 Å². The molecule has 1 aromatic heterocycles. The van der Waals surface area contributed by atoms with Crippen LogP contribution in [-0.4, -0.2) is 10.9 Å². The minimum atomic E-state index is -0.533. The second-order valence-corrected chi connectivity index (χ2v) is 5.78. The number of aromatic amines is 1. The van der Waals surface area contributed by atoms with Crippen LogP contribution in [0.5, 0.6) is 0 Å². The fraction of sp³-hybridized carbons (Fsp3) is 0. The number of H-pyrrole nitrogens is 1. The van der Waals surface area contributed by atoms with Gasteiger partial charge in [-0.3, -0.25) is 4.79 Å². The molecule has 0 saturated carbocycles. The van der Waals surface area contributed by atoms with E-state index in [0.29, 0.717) is 5.69 Å². The molecule has 0 aliphatic heterocycles. The van der Waals surface area contributed by atoms with E-state index in [-0.39, 0.29) is 5.56 Å². The Hall–Kier alpha value is -3.40. The first-order valence-electron chi connectivity index (χ1n) is 7.95. The number of benzene rings is 3. The number of hydrogen-bond acceptors (Lipinski definition) is 1. The first-order chi connectivity index (χ1) is 12.2. The predicted molar refractivity (Wildman–Crippen MR) is 98.1 cm³/mol. The lowest BCUT2D eigenvalue weighted by Crippen LogP contribution is -2.13. The quantitative estimate of drug-likeness (QED) is 0.531. The molecular formula is C21H15FN2O. The van der Waals surface area contributed by atoms with Crippen LogP contribution in [0.3, 0.4) is 0 Å². The third-order valence-corrected chi connectivity index (χ3v) is 4.10. The number of halogens is 1. The second kappa shape index (κ2) is 6.24. The highest BCUT2D eigenvalue weighted by Crippen LogP contribution is 2.25. The van der Waals surface area contributed by atoms with E-state index >= 15 is 0 Å². The zero-order chi connectivity index (χ0) is 17.2. The molecule has 1 amide bonds. The molecule has 0 unspecified atom stereocenters. The summed E-state index contributed by atoms with van der Waals surface area (Å²) in [6, 6.07) is 23.5. The fourth-order valence-electron chi connectivity index (χ4n) is 2.81. The summed E-state index contributed by atoms with van der Waals surface area (Å²) in [5.74, 6) is -0.994. The molecule has 2 N–H and O–H groups in total. The van der Waals surface area contributed by atoms with Gasteiger partial charge in [0.15, 0.2) is 0 Å². The maximum Gasteiger partial charge on any atom is 0.258 e. The van der Waals surface area contributed by atoms with Gasteiger partial charge in [-0.1, -0.05) is 42.5 Å². The third kappa shape index (κ3) is 3.02. The second-order valence-electron chi connectivity index (χ2n) is 5.78. The molecule has 0 saturated heterocycles. The Bertz CT molecular complexity index is 1020. The van der Waals surface area contributed by atoms with Gasteiger partial charge >= 0.3 is 0 Å². The summed E-state index contributed by atoms with van der Waals surface area (Å²) in [5.41, 5.74) is 3.75. The molecule has 0 spiro atoms. The Balaban J connectivity index is 1.56. The van der Waals surface area contributed by atoms with E-state index < -0.39 is 11.7 Å². The maximum absolute atomic E-state index is 13.7. The number of hydrogen-bond donors (Lipinski definition) is 2. The van der Waals surface area contributed by atoms with Crippen molar-refractivity contribution in [1.29, 1.82) is 0 Å². The lowest BCUT2D eigenvalue weighted by atomic mass is 10.1. The molecular weight excluding hydrogens is 315 g/mol. The van der Waals surface area contributed by atoms with Gasteiger partial charge in [-0.05, 0) is 42.0 Å². The molecule has 3 aromatic carbocycles. The van der Waals surface area contributed by atoms with Crippen LogP contribution in [0.2, 0.25) is 0 Å². The Morgan fingerprint density at radius 2 is 1.60 bits per heavy atom.